The molecule has 2 aliphatic rings. The molecule has 0 radical (unpaired) electrons. The average molecular weight is 277 g/mol. The molecular weight excluding hydrogens is 250 g/mol. The van der Waals surface area contributed by atoms with Gasteiger partial charge < -0.3 is 14.6 Å². The lowest BCUT2D eigenvalue weighted by atomic mass is 9.93. The second kappa shape index (κ2) is 5.86. The molecule has 20 heavy (non-hydrogen) atoms. The van der Waals surface area contributed by atoms with E-state index in [0.717, 1.165) is 19.4 Å². The van der Waals surface area contributed by atoms with Crippen LogP contribution in [-0.4, -0.2) is 45.3 Å². The van der Waals surface area contributed by atoms with E-state index in [-0.39, 0.29) is 0 Å². The van der Waals surface area contributed by atoms with Crippen molar-refractivity contribution in [3.8, 4) is 0 Å². The van der Waals surface area contributed by atoms with Crippen LogP contribution in [0.4, 0.5) is 0 Å². The zero-order chi connectivity index (χ0) is 14.1. The number of aliphatic hydroxyl groups excluding tert-OH is 1. The number of aromatic nitrogens is 2. The van der Waals surface area contributed by atoms with E-state index in [9.17, 15) is 5.11 Å². The smallest absolute Gasteiger partial charge is 0.108 e. The zero-order valence-electron chi connectivity index (χ0n) is 12.8. The third-order valence-electron chi connectivity index (χ3n) is 5.05. The molecule has 0 aromatic carbocycles. The Morgan fingerprint density at radius 2 is 2.05 bits per heavy atom. The molecule has 1 aromatic rings. The first-order valence-electron chi connectivity index (χ1n) is 8.08. The van der Waals surface area contributed by atoms with E-state index >= 15 is 0 Å². The maximum absolute atomic E-state index is 9.31. The van der Waals surface area contributed by atoms with E-state index in [0.29, 0.717) is 24.5 Å². The monoisotopic (exact) mass is 277 g/mol. The lowest BCUT2D eigenvalue weighted by Crippen LogP contribution is -2.37. The van der Waals surface area contributed by atoms with Crippen molar-refractivity contribution in [2.45, 2.75) is 58.0 Å². The minimum atomic E-state index is 0.305. The molecule has 1 aromatic heterocycles. The number of aliphatic hydroxyl groups is 1. The van der Waals surface area contributed by atoms with Crippen molar-refractivity contribution in [1.82, 2.24) is 14.5 Å². The normalized spacial score (nSPS) is 25.1. The van der Waals surface area contributed by atoms with E-state index in [2.05, 4.69) is 29.5 Å². The maximum atomic E-state index is 9.31. The molecule has 1 atom stereocenters. The summed E-state index contributed by atoms with van der Waals surface area (Å²) < 4.78 is 2.29. The molecule has 0 spiro atoms. The molecule has 1 fully saturated rings. The number of rotatable bonds is 3. The fourth-order valence-corrected chi connectivity index (χ4v) is 3.59. The average Bonchev–Trinajstić information content (AvgIpc) is 2.90. The summed E-state index contributed by atoms with van der Waals surface area (Å²) in [7, 11) is 0. The third kappa shape index (κ3) is 2.77. The van der Waals surface area contributed by atoms with Crippen molar-refractivity contribution in [3.05, 3.63) is 17.7 Å². The van der Waals surface area contributed by atoms with Crippen molar-refractivity contribution >= 4 is 0 Å². The van der Waals surface area contributed by atoms with Crippen LogP contribution in [-0.2, 0) is 13.0 Å². The molecule has 1 unspecified atom stereocenters. The Kier molecular flexibility index (Phi) is 4.13. The highest BCUT2D eigenvalue weighted by Gasteiger charge is 2.26. The standard InChI is InChI=1S/C16H27N3O/c1-12(2)18-7-5-14(6-8-18)15-10-19-9-13(11-20)3-4-16(19)17-15/h10,12-14,20H,3-9,11H2,1-2H3. The first-order valence-corrected chi connectivity index (χ1v) is 8.08. The molecule has 0 aliphatic carbocycles. The molecule has 4 nitrogen and oxygen atoms in total. The van der Waals surface area contributed by atoms with Gasteiger partial charge in [0.25, 0.3) is 0 Å². The van der Waals surface area contributed by atoms with Gasteiger partial charge in [0, 0.05) is 43.6 Å². The van der Waals surface area contributed by atoms with Crippen LogP contribution in [0.2, 0.25) is 0 Å². The molecule has 2 aliphatic heterocycles. The molecule has 0 saturated carbocycles. The van der Waals surface area contributed by atoms with Gasteiger partial charge in [-0.3, -0.25) is 0 Å². The summed E-state index contributed by atoms with van der Waals surface area (Å²) in [5, 5.41) is 9.31. The van der Waals surface area contributed by atoms with Gasteiger partial charge in [0.2, 0.25) is 0 Å². The highest BCUT2D eigenvalue weighted by Crippen LogP contribution is 2.30. The Morgan fingerprint density at radius 3 is 2.70 bits per heavy atom. The second-order valence-corrected chi connectivity index (χ2v) is 6.73. The quantitative estimate of drug-likeness (QED) is 0.919. The van der Waals surface area contributed by atoms with Crippen molar-refractivity contribution < 1.29 is 5.11 Å². The van der Waals surface area contributed by atoms with Gasteiger partial charge in [0.1, 0.15) is 5.82 Å². The van der Waals surface area contributed by atoms with Gasteiger partial charge >= 0.3 is 0 Å². The summed E-state index contributed by atoms with van der Waals surface area (Å²) in [6, 6.07) is 0.663. The van der Waals surface area contributed by atoms with Crippen LogP contribution in [0.25, 0.3) is 0 Å². The minimum Gasteiger partial charge on any atom is -0.396 e. The zero-order valence-corrected chi connectivity index (χ0v) is 12.8. The van der Waals surface area contributed by atoms with Crippen LogP contribution in [0.5, 0.6) is 0 Å². The highest BCUT2D eigenvalue weighted by atomic mass is 16.3. The summed E-state index contributed by atoms with van der Waals surface area (Å²) in [4.78, 5) is 7.44. The van der Waals surface area contributed by atoms with Crippen LogP contribution in [0.3, 0.4) is 0 Å². The topological polar surface area (TPSA) is 41.3 Å². The van der Waals surface area contributed by atoms with Gasteiger partial charge in [-0.15, -0.1) is 0 Å². The van der Waals surface area contributed by atoms with E-state index in [1.54, 1.807) is 0 Å². The van der Waals surface area contributed by atoms with Gasteiger partial charge in [0.15, 0.2) is 0 Å². The largest absolute Gasteiger partial charge is 0.396 e. The number of fused-ring (bicyclic) bond motifs is 1. The predicted molar refractivity (Wildman–Crippen MR) is 79.8 cm³/mol. The SMILES string of the molecule is CC(C)N1CCC(c2cn3c(n2)CCC(CO)C3)CC1. The van der Waals surface area contributed by atoms with E-state index in [4.69, 9.17) is 4.98 Å². The van der Waals surface area contributed by atoms with Crippen LogP contribution >= 0.6 is 0 Å². The van der Waals surface area contributed by atoms with E-state index in [1.807, 2.05) is 0 Å². The number of piperidine rings is 1. The Labute approximate surface area is 121 Å². The first kappa shape index (κ1) is 14.1. The summed E-state index contributed by atoms with van der Waals surface area (Å²) in [5.74, 6) is 2.29. The summed E-state index contributed by atoms with van der Waals surface area (Å²) >= 11 is 0. The van der Waals surface area contributed by atoms with Gasteiger partial charge in [-0.2, -0.15) is 0 Å². The molecule has 0 amide bonds. The lowest BCUT2D eigenvalue weighted by molar-refractivity contribution is 0.171. The predicted octanol–water partition coefficient (Wildman–Crippen LogP) is 2.03. The maximum Gasteiger partial charge on any atom is 0.108 e. The molecular formula is C16H27N3O. The lowest BCUT2D eigenvalue weighted by Gasteiger charge is -2.33. The van der Waals surface area contributed by atoms with Crippen LogP contribution in [0, 0.1) is 5.92 Å². The number of nitrogens with zero attached hydrogens (tertiary/aromatic N) is 3. The van der Waals surface area contributed by atoms with E-state index < -0.39 is 0 Å². The molecule has 3 rings (SSSR count). The number of hydrogen-bond acceptors (Lipinski definition) is 3. The van der Waals surface area contributed by atoms with Crippen molar-refractivity contribution in [1.29, 1.82) is 0 Å². The number of hydrogen-bond donors (Lipinski definition) is 1. The van der Waals surface area contributed by atoms with Gasteiger partial charge in [-0.1, -0.05) is 0 Å². The Balaban J connectivity index is 1.66. The van der Waals surface area contributed by atoms with Crippen molar-refractivity contribution in [3.63, 3.8) is 0 Å². The van der Waals surface area contributed by atoms with Crippen molar-refractivity contribution in [2.24, 2.45) is 5.92 Å². The van der Waals surface area contributed by atoms with Crippen LogP contribution in [0.1, 0.15) is 50.5 Å². The number of likely N-dealkylation sites (tertiary alicyclic amines) is 1. The molecule has 1 N–H and O–H groups in total. The van der Waals surface area contributed by atoms with Gasteiger partial charge in [-0.25, -0.2) is 4.98 Å². The summed E-state index contributed by atoms with van der Waals surface area (Å²) in [6.07, 6.45) is 6.83. The van der Waals surface area contributed by atoms with Crippen LogP contribution in [0.15, 0.2) is 6.20 Å². The molecule has 3 heterocycles. The Morgan fingerprint density at radius 1 is 1.30 bits per heavy atom. The first-order chi connectivity index (χ1) is 9.67. The number of aryl methyl sites for hydroxylation is 1. The second-order valence-electron chi connectivity index (χ2n) is 6.73. The Hall–Kier alpha value is -0.870. The number of imidazole rings is 1. The third-order valence-corrected chi connectivity index (χ3v) is 5.05. The fraction of sp³-hybridized carbons (Fsp3) is 0.812. The van der Waals surface area contributed by atoms with Crippen molar-refractivity contribution in [2.75, 3.05) is 19.7 Å². The van der Waals surface area contributed by atoms with Gasteiger partial charge in [0.05, 0.1) is 5.69 Å². The summed E-state index contributed by atoms with van der Waals surface area (Å²) in [6.45, 7) is 8.21. The minimum absolute atomic E-state index is 0.305. The highest BCUT2D eigenvalue weighted by molar-refractivity contribution is 5.12. The molecule has 1 saturated heterocycles. The summed E-state index contributed by atoms with van der Waals surface area (Å²) in [5.41, 5.74) is 1.29. The molecule has 0 bridgehead atoms. The fourth-order valence-electron chi connectivity index (χ4n) is 3.59. The molecule has 4 heteroatoms. The molecule has 112 valence electrons. The van der Waals surface area contributed by atoms with Crippen LogP contribution < -0.4 is 0 Å². The van der Waals surface area contributed by atoms with E-state index in [1.165, 1.54) is 37.4 Å². The van der Waals surface area contributed by atoms with Gasteiger partial charge in [-0.05, 0) is 46.2 Å². The Bertz CT molecular complexity index is 447.